The van der Waals surface area contributed by atoms with Crippen LogP contribution in [-0.4, -0.2) is 0 Å². The number of rotatable bonds is 5. The minimum atomic E-state index is 0.0402. The number of nitrogens with zero attached hydrogens (tertiary/aromatic N) is 1. The van der Waals surface area contributed by atoms with Crippen LogP contribution in [0, 0.1) is 58.2 Å². The monoisotopic (exact) mass is 369 g/mol. The molecule has 0 aromatic rings. The lowest BCUT2D eigenvalue weighted by Crippen LogP contribution is -2.49. The van der Waals surface area contributed by atoms with Gasteiger partial charge in [-0.15, -0.1) is 0 Å². The summed E-state index contributed by atoms with van der Waals surface area (Å²) in [5.74, 6) is 7.09. The molecule has 0 N–H and O–H groups in total. The molecule has 4 aliphatic rings. The molecule has 1 nitrogen and oxygen atoms in total. The fraction of sp³-hybridized carbons (Fsp3) is 0.962. The number of fused-ring (bicyclic) bond motifs is 5. The van der Waals surface area contributed by atoms with E-state index in [1.807, 2.05) is 0 Å². The standard InChI is InChI=1S/C26H43N/c1-3-5-6-15-26(18-27)16-14-22-20(17-26)10-11-25-23-9-7-8-19(4-2)21(23)12-13-24(22)25/h19-25H,3-17H2,1-2H3/t19-,20?,21?,22?,23?,24?,25?,26-/m1/s1. The highest BCUT2D eigenvalue weighted by molar-refractivity contribution is 5.07. The molecule has 0 spiro atoms. The van der Waals surface area contributed by atoms with Gasteiger partial charge in [0.2, 0.25) is 0 Å². The van der Waals surface area contributed by atoms with Crippen LogP contribution in [0.15, 0.2) is 0 Å². The van der Waals surface area contributed by atoms with Crippen molar-refractivity contribution in [2.24, 2.45) is 46.8 Å². The number of nitriles is 1. The quantitative estimate of drug-likeness (QED) is 0.454. The van der Waals surface area contributed by atoms with Gasteiger partial charge in [-0.1, -0.05) is 52.4 Å². The van der Waals surface area contributed by atoms with Crippen molar-refractivity contribution in [3.8, 4) is 6.07 Å². The number of hydrogen-bond donors (Lipinski definition) is 0. The van der Waals surface area contributed by atoms with E-state index in [0.29, 0.717) is 0 Å². The predicted molar refractivity (Wildman–Crippen MR) is 113 cm³/mol. The Labute approximate surface area is 168 Å². The minimum Gasteiger partial charge on any atom is -0.198 e. The Morgan fingerprint density at radius 1 is 0.815 bits per heavy atom. The van der Waals surface area contributed by atoms with Crippen molar-refractivity contribution in [1.82, 2.24) is 0 Å². The summed E-state index contributed by atoms with van der Waals surface area (Å²) in [5, 5.41) is 10.0. The second-order valence-corrected chi connectivity index (χ2v) is 10.9. The maximum atomic E-state index is 10.0. The van der Waals surface area contributed by atoms with Gasteiger partial charge in [0, 0.05) is 0 Å². The predicted octanol–water partition coefficient (Wildman–Crippen LogP) is 7.76. The van der Waals surface area contributed by atoms with E-state index in [0.717, 1.165) is 41.4 Å². The topological polar surface area (TPSA) is 23.8 Å². The minimum absolute atomic E-state index is 0.0402. The first-order chi connectivity index (χ1) is 13.2. The van der Waals surface area contributed by atoms with Crippen molar-refractivity contribution in [1.29, 1.82) is 5.26 Å². The smallest absolute Gasteiger partial charge is 0.0689 e. The largest absolute Gasteiger partial charge is 0.198 e. The molecular weight excluding hydrogens is 326 g/mol. The summed E-state index contributed by atoms with van der Waals surface area (Å²) in [5.41, 5.74) is 0.0402. The summed E-state index contributed by atoms with van der Waals surface area (Å²) in [6.45, 7) is 4.72. The third kappa shape index (κ3) is 3.72. The van der Waals surface area contributed by atoms with Crippen molar-refractivity contribution in [2.45, 2.75) is 110 Å². The van der Waals surface area contributed by atoms with Gasteiger partial charge in [-0.3, -0.25) is 0 Å². The molecule has 8 atom stereocenters. The Hall–Kier alpha value is -0.510. The van der Waals surface area contributed by atoms with Gasteiger partial charge in [0.1, 0.15) is 0 Å². The zero-order valence-corrected chi connectivity index (χ0v) is 18.1. The lowest BCUT2D eigenvalue weighted by atomic mass is 9.48. The average Bonchev–Trinajstić information content (AvgIpc) is 2.72. The Morgan fingerprint density at radius 2 is 1.56 bits per heavy atom. The molecule has 27 heavy (non-hydrogen) atoms. The van der Waals surface area contributed by atoms with Crippen LogP contribution in [0.3, 0.4) is 0 Å². The van der Waals surface area contributed by atoms with E-state index < -0.39 is 0 Å². The van der Waals surface area contributed by atoms with Crippen LogP contribution in [0.5, 0.6) is 0 Å². The van der Waals surface area contributed by atoms with Gasteiger partial charge in [-0.05, 0) is 99.2 Å². The highest BCUT2D eigenvalue weighted by Gasteiger charge is 2.52. The molecule has 0 heterocycles. The molecule has 0 amide bonds. The normalized spacial score (nSPS) is 46.6. The molecule has 0 saturated heterocycles. The second-order valence-electron chi connectivity index (χ2n) is 10.9. The Bertz CT molecular complexity index is 533. The first-order valence-electron chi connectivity index (χ1n) is 12.6. The molecule has 4 rings (SSSR count). The van der Waals surface area contributed by atoms with Crippen LogP contribution in [-0.2, 0) is 0 Å². The van der Waals surface area contributed by atoms with Crippen molar-refractivity contribution in [3.63, 3.8) is 0 Å². The highest BCUT2D eigenvalue weighted by Crippen LogP contribution is 2.60. The highest BCUT2D eigenvalue weighted by atomic mass is 14.6. The lowest BCUT2D eigenvalue weighted by Gasteiger charge is -2.57. The summed E-state index contributed by atoms with van der Waals surface area (Å²) >= 11 is 0. The Balaban J connectivity index is 1.43. The van der Waals surface area contributed by atoms with E-state index in [1.165, 1.54) is 89.9 Å². The summed E-state index contributed by atoms with van der Waals surface area (Å²) in [7, 11) is 0. The zero-order chi connectivity index (χ0) is 18.9. The summed E-state index contributed by atoms with van der Waals surface area (Å²) in [6.07, 6.45) is 20.9. The summed E-state index contributed by atoms with van der Waals surface area (Å²) in [6, 6.07) is 2.84. The van der Waals surface area contributed by atoms with Gasteiger partial charge in [0.25, 0.3) is 0 Å². The van der Waals surface area contributed by atoms with Gasteiger partial charge < -0.3 is 0 Å². The second kappa shape index (κ2) is 8.47. The van der Waals surface area contributed by atoms with E-state index in [9.17, 15) is 5.26 Å². The molecule has 0 aliphatic heterocycles. The van der Waals surface area contributed by atoms with Gasteiger partial charge in [-0.2, -0.15) is 5.26 Å². The van der Waals surface area contributed by atoms with Gasteiger partial charge >= 0.3 is 0 Å². The first-order valence-corrected chi connectivity index (χ1v) is 12.6. The molecule has 4 saturated carbocycles. The maximum absolute atomic E-state index is 10.0. The zero-order valence-electron chi connectivity index (χ0n) is 18.1. The van der Waals surface area contributed by atoms with Crippen LogP contribution in [0.25, 0.3) is 0 Å². The van der Waals surface area contributed by atoms with E-state index >= 15 is 0 Å². The number of hydrogen-bond acceptors (Lipinski definition) is 1. The molecule has 1 heteroatoms. The van der Waals surface area contributed by atoms with E-state index in [4.69, 9.17) is 0 Å². The molecule has 0 aromatic carbocycles. The Kier molecular flexibility index (Phi) is 6.21. The SMILES string of the molecule is CCCCC[C@@]1(C#N)CCC2C(CCC3C2CCC2C3CCC[C@H]2CC)C1. The van der Waals surface area contributed by atoms with E-state index in [-0.39, 0.29) is 5.41 Å². The molecule has 152 valence electrons. The molecule has 0 aromatic heterocycles. The van der Waals surface area contributed by atoms with Crippen LogP contribution in [0.1, 0.15) is 110 Å². The third-order valence-electron chi connectivity index (χ3n) is 9.86. The fourth-order valence-electron chi connectivity index (χ4n) is 8.58. The fourth-order valence-corrected chi connectivity index (χ4v) is 8.58. The Morgan fingerprint density at radius 3 is 2.33 bits per heavy atom. The maximum Gasteiger partial charge on any atom is 0.0689 e. The van der Waals surface area contributed by atoms with Gasteiger partial charge in [0.05, 0.1) is 11.5 Å². The van der Waals surface area contributed by atoms with E-state index in [1.54, 1.807) is 6.42 Å². The molecule has 4 fully saturated rings. The summed E-state index contributed by atoms with van der Waals surface area (Å²) in [4.78, 5) is 0. The number of unbranched alkanes of at least 4 members (excludes halogenated alkanes) is 2. The van der Waals surface area contributed by atoms with Crippen molar-refractivity contribution in [3.05, 3.63) is 0 Å². The molecular formula is C26H43N. The van der Waals surface area contributed by atoms with Gasteiger partial charge in [-0.25, -0.2) is 0 Å². The van der Waals surface area contributed by atoms with Crippen LogP contribution < -0.4 is 0 Å². The van der Waals surface area contributed by atoms with Crippen LogP contribution in [0.4, 0.5) is 0 Å². The third-order valence-corrected chi connectivity index (χ3v) is 9.86. The van der Waals surface area contributed by atoms with Crippen LogP contribution >= 0.6 is 0 Å². The summed E-state index contributed by atoms with van der Waals surface area (Å²) < 4.78 is 0. The molecule has 6 unspecified atom stereocenters. The molecule has 0 bridgehead atoms. The molecule has 0 radical (unpaired) electrons. The molecule has 4 aliphatic carbocycles. The van der Waals surface area contributed by atoms with E-state index in [2.05, 4.69) is 19.9 Å². The lowest BCUT2D eigenvalue weighted by molar-refractivity contribution is -0.0711. The van der Waals surface area contributed by atoms with Gasteiger partial charge in [0.15, 0.2) is 0 Å². The van der Waals surface area contributed by atoms with Crippen LogP contribution in [0.2, 0.25) is 0 Å². The van der Waals surface area contributed by atoms with Crippen molar-refractivity contribution >= 4 is 0 Å². The first kappa shape index (κ1) is 19.8. The average molecular weight is 370 g/mol. The van der Waals surface area contributed by atoms with Crippen molar-refractivity contribution in [2.75, 3.05) is 0 Å². The van der Waals surface area contributed by atoms with Crippen molar-refractivity contribution < 1.29 is 0 Å².